The highest BCUT2D eigenvalue weighted by Crippen LogP contribution is 2.25. The number of benzene rings is 1. The summed E-state index contributed by atoms with van der Waals surface area (Å²) < 4.78 is 13.4. The molecule has 1 N–H and O–H groups in total. The molecular weight excluding hydrogens is 309 g/mol. The molecule has 0 saturated carbocycles. The van der Waals surface area contributed by atoms with Crippen LogP contribution in [0.25, 0.3) is 0 Å². The second-order valence-corrected chi connectivity index (χ2v) is 6.87. The third-order valence-electron chi connectivity index (χ3n) is 5.00. The summed E-state index contributed by atoms with van der Waals surface area (Å²) in [6.45, 7) is 4.51. The number of nitrogens with one attached hydrogen (secondary N) is 1. The molecule has 2 aliphatic rings. The molecule has 24 heavy (non-hydrogen) atoms. The molecule has 0 radical (unpaired) electrons. The van der Waals surface area contributed by atoms with Gasteiger partial charge in [0.25, 0.3) is 0 Å². The molecule has 0 unspecified atom stereocenters. The molecule has 0 spiro atoms. The average molecular weight is 333 g/mol. The highest BCUT2D eigenvalue weighted by atomic mass is 19.1. The van der Waals surface area contributed by atoms with Crippen LogP contribution in [-0.4, -0.2) is 41.5 Å². The number of anilines is 1. The summed E-state index contributed by atoms with van der Waals surface area (Å²) in [5.74, 6) is -0.464. The summed E-state index contributed by atoms with van der Waals surface area (Å²) in [6, 6.07) is 6.07. The van der Waals surface area contributed by atoms with Gasteiger partial charge in [0.2, 0.25) is 5.91 Å². The Kier molecular flexibility index (Phi) is 4.73. The number of hydrogen-bond donors (Lipinski definition) is 1. The summed E-state index contributed by atoms with van der Waals surface area (Å²) in [6.07, 6.45) is 3.41. The number of carbonyl (C=O) groups is 2. The SMILES string of the molecule is C[C@H]1CCC[C@H](C)N1C(=O)N[C@@H]1CC(=O)N(c2cccc(F)c2)C1. The Balaban J connectivity index is 1.64. The van der Waals surface area contributed by atoms with E-state index in [9.17, 15) is 14.0 Å². The van der Waals surface area contributed by atoms with Crippen molar-refractivity contribution < 1.29 is 14.0 Å². The molecule has 1 aromatic rings. The van der Waals surface area contributed by atoms with E-state index in [0.717, 1.165) is 19.3 Å². The van der Waals surface area contributed by atoms with Gasteiger partial charge in [0, 0.05) is 30.7 Å². The van der Waals surface area contributed by atoms with Crippen molar-refractivity contribution in [3.05, 3.63) is 30.1 Å². The minimum atomic E-state index is -0.372. The van der Waals surface area contributed by atoms with E-state index in [1.807, 2.05) is 4.90 Å². The van der Waals surface area contributed by atoms with Crippen molar-refractivity contribution in [2.24, 2.45) is 0 Å². The zero-order valence-corrected chi connectivity index (χ0v) is 14.2. The van der Waals surface area contributed by atoms with Crippen LogP contribution in [0.1, 0.15) is 39.5 Å². The van der Waals surface area contributed by atoms with Gasteiger partial charge in [-0.2, -0.15) is 0 Å². The number of hydrogen-bond acceptors (Lipinski definition) is 2. The molecule has 0 aromatic heterocycles. The predicted molar refractivity (Wildman–Crippen MR) is 90.3 cm³/mol. The van der Waals surface area contributed by atoms with Crippen LogP contribution < -0.4 is 10.2 Å². The Morgan fingerprint density at radius 2 is 1.96 bits per heavy atom. The molecule has 2 fully saturated rings. The Morgan fingerprint density at radius 1 is 1.25 bits per heavy atom. The van der Waals surface area contributed by atoms with Crippen molar-refractivity contribution in [3.63, 3.8) is 0 Å². The first-order valence-corrected chi connectivity index (χ1v) is 8.60. The molecule has 2 heterocycles. The summed E-state index contributed by atoms with van der Waals surface area (Å²) in [5, 5.41) is 2.98. The van der Waals surface area contributed by atoms with E-state index < -0.39 is 0 Å². The van der Waals surface area contributed by atoms with E-state index >= 15 is 0 Å². The highest BCUT2D eigenvalue weighted by molar-refractivity contribution is 5.96. The van der Waals surface area contributed by atoms with E-state index in [1.54, 1.807) is 12.1 Å². The topological polar surface area (TPSA) is 52.7 Å². The van der Waals surface area contributed by atoms with Crippen LogP contribution in [0.5, 0.6) is 0 Å². The fraction of sp³-hybridized carbons (Fsp3) is 0.556. The highest BCUT2D eigenvalue weighted by Gasteiger charge is 2.35. The minimum Gasteiger partial charge on any atom is -0.333 e. The molecule has 3 amide bonds. The Bertz CT molecular complexity index is 626. The monoisotopic (exact) mass is 333 g/mol. The van der Waals surface area contributed by atoms with Gasteiger partial charge in [0.1, 0.15) is 5.82 Å². The van der Waals surface area contributed by atoms with Gasteiger partial charge in [-0.25, -0.2) is 9.18 Å². The number of urea groups is 1. The molecule has 0 bridgehead atoms. The van der Waals surface area contributed by atoms with E-state index in [2.05, 4.69) is 19.2 Å². The number of amides is 3. The summed E-state index contributed by atoms with van der Waals surface area (Å²) in [5.41, 5.74) is 0.538. The van der Waals surface area contributed by atoms with Crippen LogP contribution in [0.15, 0.2) is 24.3 Å². The summed E-state index contributed by atoms with van der Waals surface area (Å²) in [4.78, 5) is 28.3. The largest absolute Gasteiger partial charge is 0.333 e. The van der Waals surface area contributed by atoms with E-state index in [4.69, 9.17) is 0 Å². The summed E-state index contributed by atoms with van der Waals surface area (Å²) in [7, 11) is 0. The Morgan fingerprint density at radius 3 is 2.62 bits per heavy atom. The maximum Gasteiger partial charge on any atom is 0.318 e. The molecule has 0 aliphatic carbocycles. The van der Waals surface area contributed by atoms with Crippen molar-refractivity contribution in [2.75, 3.05) is 11.4 Å². The van der Waals surface area contributed by atoms with Crippen molar-refractivity contribution in [1.82, 2.24) is 10.2 Å². The van der Waals surface area contributed by atoms with Crippen molar-refractivity contribution in [1.29, 1.82) is 0 Å². The predicted octanol–water partition coefficient (Wildman–Crippen LogP) is 2.90. The van der Waals surface area contributed by atoms with E-state index in [-0.39, 0.29) is 42.3 Å². The first-order valence-electron chi connectivity index (χ1n) is 8.60. The quantitative estimate of drug-likeness (QED) is 0.905. The van der Waals surface area contributed by atoms with Crippen LogP contribution in [0.4, 0.5) is 14.9 Å². The minimum absolute atomic E-state index is 0.0920. The van der Waals surface area contributed by atoms with Crippen molar-refractivity contribution >= 4 is 17.6 Å². The molecule has 3 atom stereocenters. The van der Waals surface area contributed by atoms with Crippen LogP contribution in [0.3, 0.4) is 0 Å². The lowest BCUT2D eigenvalue weighted by Gasteiger charge is -2.39. The number of likely N-dealkylation sites (tertiary alicyclic amines) is 1. The van der Waals surface area contributed by atoms with E-state index in [0.29, 0.717) is 12.2 Å². The van der Waals surface area contributed by atoms with Gasteiger partial charge >= 0.3 is 6.03 Å². The third kappa shape index (κ3) is 3.37. The first-order chi connectivity index (χ1) is 11.5. The van der Waals surface area contributed by atoms with Crippen molar-refractivity contribution in [2.45, 2.75) is 57.7 Å². The zero-order chi connectivity index (χ0) is 17.3. The molecule has 130 valence electrons. The van der Waals surface area contributed by atoms with Crippen LogP contribution in [-0.2, 0) is 4.79 Å². The van der Waals surface area contributed by atoms with Gasteiger partial charge in [-0.3, -0.25) is 4.79 Å². The fourth-order valence-electron chi connectivity index (χ4n) is 3.77. The molecule has 2 saturated heterocycles. The standard InChI is InChI=1S/C18H24FN3O2/c1-12-5-3-6-13(2)22(12)18(24)20-15-10-17(23)21(11-15)16-8-4-7-14(19)9-16/h4,7-9,12-13,15H,3,5-6,10-11H2,1-2H3,(H,20,24)/t12-,13-,15+/m0/s1. The maximum absolute atomic E-state index is 13.4. The lowest BCUT2D eigenvalue weighted by atomic mass is 9.98. The first kappa shape index (κ1) is 16.7. The number of rotatable bonds is 2. The van der Waals surface area contributed by atoms with Gasteiger partial charge in [-0.05, 0) is 51.3 Å². The molecule has 5 nitrogen and oxygen atoms in total. The molecule has 3 rings (SSSR count). The second-order valence-electron chi connectivity index (χ2n) is 6.87. The Labute approximate surface area is 141 Å². The van der Waals surface area contributed by atoms with Gasteiger partial charge in [-0.15, -0.1) is 0 Å². The summed E-state index contributed by atoms with van der Waals surface area (Å²) >= 11 is 0. The molecule has 1 aromatic carbocycles. The average Bonchev–Trinajstić information content (AvgIpc) is 2.87. The fourth-order valence-corrected chi connectivity index (χ4v) is 3.77. The maximum atomic E-state index is 13.4. The number of carbonyl (C=O) groups excluding carboxylic acids is 2. The molecule has 6 heteroatoms. The van der Waals surface area contributed by atoms with Gasteiger partial charge in [-0.1, -0.05) is 6.07 Å². The third-order valence-corrected chi connectivity index (χ3v) is 5.00. The second kappa shape index (κ2) is 6.79. The van der Waals surface area contributed by atoms with Crippen LogP contribution in [0.2, 0.25) is 0 Å². The van der Waals surface area contributed by atoms with E-state index in [1.165, 1.54) is 17.0 Å². The van der Waals surface area contributed by atoms with Gasteiger partial charge in [0.05, 0.1) is 6.04 Å². The van der Waals surface area contributed by atoms with Gasteiger partial charge in [0.15, 0.2) is 0 Å². The zero-order valence-electron chi connectivity index (χ0n) is 14.2. The Hall–Kier alpha value is -2.11. The van der Waals surface area contributed by atoms with Crippen LogP contribution in [0, 0.1) is 5.82 Å². The number of nitrogens with zero attached hydrogens (tertiary/aromatic N) is 2. The van der Waals surface area contributed by atoms with Gasteiger partial charge < -0.3 is 15.1 Å². The lowest BCUT2D eigenvalue weighted by molar-refractivity contribution is -0.117. The smallest absolute Gasteiger partial charge is 0.318 e. The lowest BCUT2D eigenvalue weighted by Crippen LogP contribution is -2.54. The number of piperidine rings is 1. The van der Waals surface area contributed by atoms with Crippen LogP contribution >= 0.6 is 0 Å². The number of halogens is 1. The van der Waals surface area contributed by atoms with Crippen molar-refractivity contribution in [3.8, 4) is 0 Å². The normalized spacial score (nSPS) is 27.5. The molecule has 2 aliphatic heterocycles. The molecular formula is C18H24FN3O2.